The Bertz CT molecular complexity index is 1200. The summed E-state index contributed by atoms with van der Waals surface area (Å²) in [4.78, 5) is 20.2. The van der Waals surface area contributed by atoms with Crippen molar-refractivity contribution < 1.29 is 18.7 Å². The summed E-state index contributed by atoms with van der Waals surface area (Å²) >= 11 is 0. The van der Waals surface area contributed by atoms with E-state index >= 15 is 0 Å². The van der Waals surface area contributed by atoms with Gasteiger partial charge in [0.2, 0.25) is 5.91 Å². The number of halogens is 2. The normalized spacial score (nSPS) is 20.5. The zero-order chi connectivity index (χ0) is 26.0. The fourth-order valence-electron chi connectivity index (χ4n) is 6.04. The van der Waals surface area contributed by atoms with E-state index in [1.165, 1.54) is 29.8 Å². The molecule has 2 aromatic carbocycles. The Kier molecular flexibility index (Phi) is 7.27. The van der Waals surface area contributed by atoms with E-state index in [2.05, 4.69) is 21.1 Å². The van der Waals surface area contributed by atoms with Crippen LogP contribution in [0.15, 0.2) is 42.5 Å². The SMILES string of the molecule is [C-]#[N+]c1ccc2c(c1)NCC21CCN(C[C@@H](O)C2CCN(C(=O)/C=C/c3cc(F)cc(F)c3)CC2)CC1. The van der Waals surface area contributed by atoms with Crippen molar-refractivity contribution in [2.24, 2.45) is 5.92 Å². The van der Waals surface area contributed by atoms with Gasteiger partial charge in [-0.05, 0) is 80.1 Å². The predicted molar refractivity (Wildman–Crippen MR) is 139 cm³/mol. The molecule has 194 valence electrons. The van der Waals surface area contributed by atoms with Crippen molar-refractivity contribution in [1.29, 1.82) is 0 Å². The maximum Gasteiger partial charge on any atom is 0.246 e. The molecule has 1 atom stereocenters. The van der Waals surface area contributed by atoms with Crippen LogP contribution in [0.3, 0.4) is 0 Å². The Morgan fingerprint density at radius 3 is 2.51 bits per heavy atom. The third-order valence-electron chi connectivity index (χ3n) is 8.28. The molecular weight excluding hydrogens is 474 g/mol. The zero-order valence-corrected chi connectivity index (χ0v) is 20.8. The molecule has 0 saturated carbocycles. The predicted octanol–water partition coefficient (Wildman–Crippen LogP) is 4.59. The fourth-order valence-corrected chi connectivity index (χ4v) is 6.04. The number of nitrogens with one attached hydrogen (secondary N) is 1. The Morgan fingerprint density at radius 2 is 1.84 bits per heavy atom. The molecule has 0 aliphatic carbocycles. The number of β-amino-alcohol motifs (C(OH)–C–C–N with tert-alkyl or cyclic N) is 1. The van der Waals surface area contributed by atoms with Crippen molar-refractivity contribution >= 4 is 23.4 Å². The van der Waals surface area contributed by atoms with E-state index in [9.17, 15) is 18.7 Å². The lowest BCUT2D eigenvalue weighted by molar-refractivity contribution is -0.128. The van der Waals surface area contributed by atoms with Crippen LogP contribution in [0, 0.1) is 24.1 Å². The minimum absolute atomic E-state index is 0.105. The summed E-state index contributed by atoms with van der Waals surface area (Å²) in [6.45, 7) is 11.7. The lowest BCUT2D eigenvalue weighted by atomic mass is 9.74. The quantitative estimate of drug-likeness (QED) is 0.460. The van der Waals surface area contributed by atoms with Gasteiger partial charge in [0, 0.05) is 49.4 Å². The fraction of sp³-hybridized carbons (Fsp3) is 0.448. The second-order valence-electron chi connectivity index (χ2n) is 10.5. The number of hydrogen-bond donors (Lipinski definition) is 2. The highest BCUT2D eigenvalue weighted by atomic mass is 19.1. The third kappa shape index (κ3) is 5.53. The number of likely N-dealkylation sites (tertiary alicyclic amines) is 2. The van der Waals surface area contributed by atoms with Crippen molar-refractivity contribution in [2.45, 2.75) is 37.2 Å². The third-order valence-corrected chi connectivity index (χ3v) is 8.28. The number of anilines is 1. The minimum atomic E-state index is -0.675. The van der Waals surface area contributed by atoms with Crippen LogP contribution in [-0.2, 0) is 10.2 Å². The Balaban J connectivity index is 1.08. The highest BCUT2D eigenvalue weighted by Gasteiger charge is 2.41. The first-order valence-electron chi connectivity index (χ1n) is 12.9. The Hall–Kier alpha value is -3.28. The Morgan fingerprint density at radius 1 is 1.14 bits per heavy atom. The Labute approximate surface area is 216 Å². The number of benzene rings is 2. The van der Waals surface area contributed by atoms with E-state index in [1.807, 2.05) is 12.1 Å². The first kappa shape index (κ1) is 25.4. The largest absolute Gasteiger partial charge is 0.392 e. The van der Waals surface area contributed by atoms with Gasteiger partial charge < -0.3 is 20.2 Å². The van der Waals surface area contributed by atoms with Gasteiger partial charge in [-0.2, -0.15) is 0 Å². The van der Waals surface area contributed by atoms with Crippen LogP contribution < -0.4 is 5.32 Å². The van der Waals surface area contributed by atoms with Crippen LogP contribution in [0.25, 0.3) is 10.9 Å². The average molecular weight is 507 g/mol. The first-order chi connectivity index (χ1) is 17.8. The topological polar surface area (TPSA) is 60.2 Å². The molecule has 3 heterocycles. The summed E-state index contributed by atoms with van der Waals surface area (Å²) in [5, 5.41) is 14.5. The van der Waals surface area contributed by atoms with Gasteiger partial charge in [-0.15, -0.1) is 0 Å². The van der Waals surface area contributed by atoms with Crippen molar-refractivity contribution in [2.75, 3.05) is 44.6 Å². The number of nitrogens with zero attached hydrogens (tertiary/aromatic N) is 3. The summed E-state index contributed by atoms with van der Waals surface area (Å²) in [5.74, 6) is -1.40. The highest BCUT2D eigenvalue weighted by Crippen LogP contribution is 2.45. The molecule has 0 bridgehead atoms. The molecule has 37 heavy (non-hydrogen) atoms. The molecule has 2 N–H and O–H groups in total. The van der Waals surface area contributed by atoms with E-state index in [4.69, 9.17) is 6.57 Å². The molecule has 0 radical (unpaired) electrons. The van der Waals surface area contributed by atoms with E-state index in [-0.39, 0.29) is 17.2 Å². The molecule has 1 amide bonds. The average Bonchev–Trinajstić information content (AvgIpc) is 3.25. The van der Waals surface area contributed by atoms with Gasteiger partial charge in [0.1, 0.15) is 11.6 Å². The van der Waals surface area contributed by atoms with E-state index in [0.29, 0.717) is 30.9 Å². The van der Waals surface area contributed by atoms with Crippen LogP contribution in [-0.4, -0.2) is 66.2 Å². The summed E-state index contributed by atoms with van der Waals surface area (Å²) in [6.07, 6.45) is 5.85. The molecule has 2 aromatic rings. The summed E-state index contributed by atoms with van der Waals surface area (Å²) in [6, 6.07) is 9.13. The molecule has 3 aliphatic heterocycles. The van der Waals surface area contributed by atoms with Crippen LogP contribution in [0.2, 0.25) is 0 Å². The number of aliphatic hydroxyl groups is 1. The number of amides is 1. The number of carbonyl (C=O) groups excluding carboxylic acids is 1. The van der Waals surface area contributed by atoms with E-state index < -0.39 is 17.7 Å². The van der Waals surface area contributed by atoms with E-state index in [1.54, 1.807) is 4.90 Å². The summed E-state index contributed by atoms with van der Waals surface area (Å²) in [5.41, 5.74) is 3.47. The van der Waals surface area contributed by atoms with Crippen LogP contribution in [0.5, 0.6) is 0 Å². The first-order valence-corrected chi connectivity index (χ1v) is 12.9. The lowest BCUT2D eigenvalue weighted by Gasteiger charge is -2.41. The van der Waals surface area contributed by atoms with Gasteiger partial charge in [-0.1, -0.05) is 12.1 Å². The molecule has 6 nitrogen and oxygen atoms in total. The number of piperidine rings is 2. The van der Waals surface area contributed by atoms with Gasteiger partial charge in [0.25, 0.3) is 0 Å². The van der Waals surface area contributed by atoms with Crippen LogP contribution in [0.1, 0.15) is 36.8 Å². The molecular formula is C29H32F2N4O2. The molecule has 2 fully saturated rings. The summed E-state index contributed by atoms with van der Waals surface area (Å²) < 4.78 is 26.7. The molecule has 2 saturated heterocycles. The smallest absolute Gasteiger partial charge is 0.246 e. The molecule has 8 heteroatoms. The number of carbonyl (C=O) groups is 1. The van der Waals surface area contributed by atoms with Gasteiger partial charge in [0.15, 0.2) is 5.69 Å². The van der Waals surface area contributed by atoms with Crippen molar-refractivity contribution in [3.8, 4) is 0 Å². The number of aliphatic hydroxyl groups excluding tert-OH is 1. The van der Waals surface area contributed by atoms with Crippen molar-refractivity contribution in [1.82, 2.24) is 9.80 Å². The molecule has 1 spiro atoms. The lowest BCUT2D eigenvalue weighted by Crippen LogP contribution is -2.48. The summed E-state index contributed by atoms with van der Waals surface area (Å²) in [7, 11) is 0. The standard InChI is InChI=1S/C29H32F2N4O2/c1-32-24-3-4-25-26(17-24)33-19-29(25)8-12-34(13-9-29)18-27(36)21-6-10-35(11-7-21)28(37)5-2-20-14-22(30)16-23(31)15-20/h2-5,14-17,21,27,33,36H,6-13,18-19H2/b5-2+/t27-/m1/s1. The van der Waals surface area contributed by atoms with Gasteiger partial charge in [-0.3, -0.25) is 4.79 Å². The van der Waals surface area contributed by atoms with Crippen molar-refractivity contribution in [3.63, 3.8) is 0 Å². The number of rotatable bonds is 5. The zero-order valence-electron chi connectivity index (χ0n) is 20.8. The highest BCUT2D eigenvalue weighted by molar-refractivity contribution is 5.91. The van der Waals surface area contributed by atoms with Gasteiger partial charge in [0.05, 0.1) is 12.7 Å². The maximum absolute atomic E-state index is 13.3. The number of hydrogen-bond acceptors (Lipinski definition) is 4. The molecule has 3 aliphatic rings. The van der Waals surface area contributed by atoms with Crippen LogP contribution >= 0.6 is 0 Å². The minimum Gasteiger partial charge on any atom is -0.392 e. The van der Waals surface area contributed by atoms with Gasteiger partial charge in [-0.25, -0.2) is 13.6 Å². The molecule has 5 rings (SSSR count). The number of fused-ring (bicyclic) bond motifs is 2. The maximum atomic E-state index is 13.3. The monoisotopic (exact) mass is 506 g/mol. The van der Waals surface area contributed by atoms with E-state index in [0.717, 1.165) is 57.1 Å². The second kappa shape index (κ2) is 10.6. The van der Waals surface area contributed by atoms with Crippen molar-refractivity contribution in [3.05, 3.63) is 76.7 Å². The second-order valence-corrected chi connectivity index (χ2v) is 10.5. The molecule has 0 aromatic heterocycles. The van der Waals surface area contributed by atoms with Gasteiger partial charge >= 0.3 is 0 Å². The van der Waals surface area contributed by atoms with Crippen LogP contribution in [0.4, 0.5) is 20.2 Å². The molecule has 0 unspecified atom stereocenters.